The first-order chi connectivity index (χ1) is 12.6. The molecule has 0 saturated heterocycles. The lowest BCUT2D eigenvalue weighted by Crippen LogP contribution is -2.22. The minimum absolute atomic E-state index is 0.0259. The molecule has 0 bridgehead atoms. The third-order valence-electron chi connectivity index (χ3n) is 3.36. The molecular weight excluding hydrogens is 336 g/mol. The normalized spacial score (nSPS) is 9.88. The Kier molecular flexibility index (Phi) is 7.17. The Hall–Kier alpha value is -3.35. The van der Waals surface area contributed by atoms with Crippen molar-refractivity contribution in [3.63, 3.8) is 0 Å². The van der Waals surface area contributed by atoms with Gasteiger partial charge in [0, 0.05) is 12.1 Å². The van der Waals surface area contributed by atoms with Crippen LogP contribution in [0.5, 0.6) is 5.75 Å². The first-order valence-electron chi connectivity index (χ1n) is 8.02. The topological polar surface area (TPSA) is 93.7 Å². The van der Waals surface area contributed by atoms with Crippen LogP contribution in [0.25, 0.3) is 0 Å². The number of ether oxygens (including phenoxy) is 2. The number of rotatable bonds is 8. The van der Waals surface area contributed by atoms with Gasteiger partial charge in [-0.05, 0) is 24.3 Å². The quantitative estimate of drug-likeness (QED) is 0.709. The third-order valence-corrected chi connectivity index (χ3v) is 3.36. The zero-order valence-corrected chi connectivity index (χ0v) is 14.4. The van der Waals surface area contributed by atoms with Crippen molar-refractivity contribution in [1.29, 1.82) is 0 Å². The average molecular weight is 356 g/mol. The van der Waals surface area contributed by atoms with E-state index in [1.54, 1.807) is 48.5 Å². The maximum Gasteiger partial charge on any atom is 0.306 e. The highest BCUT2D eigenvalue weighted by molar-refractivity contribution is 5.95. The van der Waals surface area contributed by atoms with Gasteiger partial charge in [-0.1, -0.05) is 30.3 Å². The molecule has 2 rings (SSSR count). The van der Waals surface area contributed by atoms with E-state index in [4.69, 9.17) is 9.47 Å². The Morgan fingerprint density at radius 1 is 0.846 bits per heavy atom. The second-order valence-electron chi connectivity index (χ2n) is 5.32. The van der Waals surface area contributed by atoms with Gasteiger partial charge in [-0.25, -0.2) is 0 Å². The maximum absolute atomic E-state index is 11.8. The van der Waals surface area contributed by atoms with Crippen LogP contribution in [0.2, 0.25) is 0 Å². The number of carbonyl (C=O) groups is 3. The second kappa shape index (κ2) is 9.83. The molecule has 136 valence electrons. The van der Waals surface area contributed by atoms with Crippen LogP contribution in [-0.4, -0.2) is 31.5 Å². The lowest BCUT2D eigenvalue weighted by Gasteiger charge is -2.10. The Morgan fingerprint density at radius 2 is 1.54 bits per heavy atom. The first-order valence-corrected chi connectivity index (χ1v) is 8.02. The zero-order chi connectivity index (χ0) is 18.8. The van der Waals surface area contributed by atoms with Crippen molar-refractivity contribution >= 4 is 29.2 Å². The number of benzene rings is 2. The number of para-hydroxylation sites is 3. The van der Waals surface area contributed by atoms with E-state index in [1.807, 2.05) is 6.07 Å². The van der Waals surface area contributed by atoms with E-state index in [-0.39, 0.29) is 18.7 Å². The molecule has 7 heteroatoms. The number of anilines is 2. The summed E-state index contributed by atoms with van der Waals surface area (Å²) >= 11 is 0. The summed E-state index contributed by atoms with van der Waals surface area (Å²) in [6.07, 6.45) is -0.136. The number of carbonyl (C=O) groups excluding carboxylic acids is 3. The Bertz CT molecular complexity index is 762. The van der Waals surface area contributed by atoms with Gasteiger partial charge >= 0.3 is 5.97 Å². The van der Waals surface area contributed by atoms with Gasteiger partial charge in [-0.15, -0.1) is 0 Å². The zero-order valence-electron chi connectivity index (χ0n) is 14.4. The van der Waals surface area contributed by atoms with Gasteiger partial charge in [0.15, 0.2) is 6.61 Å². The van der Waals surface area contributed by atoms with Crippen LogP contribution in [0.4, 0.5) is 11.4 Å². The number of amides is 2. The monoisotopic (exact) mass is 356 g/mol. The average Bonchev–Trinajstić information content (AvgIpc) is 2.66. The predicted molar refractivity (Wildman–Crippen MR) is 96.9 cm³/mol. The predicted octanol–water partition coefficient (Wildman–Crippen LogP) is 2.60. The molecule has 0 aliphatic heterocycles. The van der Waals surface area contributed by atoms with Crippen LogP contribution in [0.3, 0.4) is 0 Å². The van der Waals surface area contributed by atoms with Gasteiger partial charge < -0.3 is 20.1 Å². The molecule has 0 aromatic heterocycles. The minimum atomic E-state index is -0.622. The number of esters is 1. The van der Waals surface area contributed by atoms with Crippen molar-refractivity contribution in [2.45, 2.75) is 12.8 Å². The smallest absolute Gasteiger partial charge is 0.306 e. The molecule has 26 heavy (non-hydrogen) atoms. The second-order valence-corrected chi connectivity index (χ2v) is 5.32. The molecule has 0 radical (unpaired) electrons. The van der Waals surface area contributed by atoms with E-state index in [1.165, 1.54) is 7.11 Å². The number of hydrogen-bond donors (Lipinski definition) is 2. The fourth-order valence-electron chi connectivity index (χ4n) is 2.11. The van der Waals surface area contributed by atoms with Gasteiger partial charge in [0.05, 0.1) is 19.2 Å². The van der Waals surface area contributed by atoms with Crippen LogP contribution < -0.4 is 15.4 Å². The van der Waals surface area contributed by atoms with Crippen LogP contribution in [0.1, 0.15) is 12.8 Å². The Morgan fingerprint density at radius 3 is 2.27 bits per heavy atom. The number of nitrogens with one attached hydrogen (secondary N) is 2. The molecular formula is C19H20N2O5. The number of methoxy groups -OCH3 is 1. The molecule has 2 N–H and O–H groups in total. The lowest BCUT2D eigenvalue weighted by molar-refractivity contribution is -0.147. The van der Waals surface area contributed by atoms with Gasteiger partial charge in [0.1, 0.15) is 5.75 Å². The Labute approximate surface area is 151 Å². The molecule has 2 aromatic rings. The molecule has 0 spiro atoms. The largest absolute Gasteiger partial charge is 0.495 e. The standard InChI is InChI=1S/C19H20N2O5/c1-25-16-10-6-5-9-15(16)21-18(23)13-26-19(24)12-11-17(22)20-14-7-3-2-4-8-14/h2-10H,11-13H2,1H3,(H,20,22)(H,21,23). The fraction of sp³-hybridized carbons (Fsp3) is 0.211. The molecule has 0 fully saturated rings. The van der Waals surface area contributed by atoms with Gasteiger partial charge in [0.2, 0.25) is 5.91 Å². The van der Waals surface area contributed by atoms with E-state index in [9.17, 15) is 14.4 Å². The van der Waals surface area contributed by atoms with Crippen LogP contribution in [-0.2, 0) is 19.1 Å². The minimum Gasteiger partial charge on any atom is -0.495 e. The number of hydrogen-bond acceptors (Lipinski definition) is 5. The molecule has 0 atom stereocenters. The van der Waals surface area contributed by atoms with E-state index in [0.29, 0.717) is 17.1 Å². The molecule has 0 aliphatic carbocycles. The van der Waals surface area contributed by atoms with Gasteiger partial charge in [0.25, 0.3) is 5.91 Å². The van der Waals surface area contributed by atoms with Crippen molar-refractivity contribution in [2.75, 3.05) is 24.4 Å². The highest BCUT2D eigenvalue weighted by atomic mass is 16.5. The van der Waals surface area contributed by atoms with Gasteiger partial charge in [-0.2, -0.15) is 0 Å². The molecule has 0 unspecified atom stereocenters. The van der Waals surface area contributed by atoms with Crippen molar-refractivity contribution in [3.8, 4) is 5.75 Å². The molecule has 0 aliphatic rings. The molecule has 0 saturated carbocycles. The summed E-state index contributed by atoms with van der Waals surface area (Å²) in [5, 5.41) is 5.26. The van der Waals surface area contributed by atoms with Crippen molar-refractivity contribution in [2.24, 2.45) is 0 Å². The van der Waals surface area contributed by atoms with E-state index >= 15 is 0 Å². The molecule has 0 heterocycles. The van der Waals surface area contributed by atoms with Crippen molar-refractivity contribution < 1.29 is 23.9 Å². The van der Waals surface area contributed by atoms with Crippen LogP contribution in [0.15, 0.2) is 54.6 Å². The summed E-state index contributed by atoms with van der Waals surface area (Å²) in [6.45, 7) is -0.433. The summed E-state index contributed by atoms with van der Waals surface area (Å²) < 4.78 is 10.00. The SMILES string of the molecule is COc1ccccc1NC(=O)COC(=O)CCC(=O)Nc1ccccc1. The highest BCUT2D eigenvalue weighted by Crippen LogP contribution is 2.22. The lowest BCUT2D eigenvalue weighted by atomic mass is 10.2. The summed E-state index contributed by atoms with van der Waals surface area (Å²) in [7, 11) is 1.49. The molecule has 2 amide bonds. The van der Waals surface area contributed by atoms with Crippen LogP contribution >= 0.6 is 0 Å². The first kappa shape index (κ1) is 19.0. The molecule has 2 aromatic carbocycles. The van der Waals surface area contributed by atoms with Crippen LogP contribution in [0, 0.1) is 0 Å². The summed E-state index contributed by atoms with van der Waals surface area (Å²) in [5.74, 6) is -0.906. The third kappa shape index (κ3) is 6.27. The van der Waals surface area contributed by atoms with Gasteiger partial charge in [-0.3, -0.25) is 14.4 Å². The molecule has 7 nitrogen and oxygen atoms in total. The summed E-state index contributed by atoms with van der Waals surface area (Å²) in [6, 6.07) is 15.8. The van der Waals surface area contributed by atoms with Crippen molar-refractivity contribution in [1.82, 2.24) is 0 Å². The fourth-order valence-corrected chi connectivity index (χ4v) is 2.11. The van der Waals surface area contributed by atoms with Crippen molar-refractivity contribution in [3.05, 3.63) is 54.6 Å². The highest BCUT2D eigenvalue weighted by Gasteiger charge is 2.12. The van der Waals surface area contributed by atoms with E-state index in [0.717, 1.165) is 0 Å². The summed E-state index contributed by atoms with van der Waals surface area (Å²) in [4.78, 5) is 35.3. The Balaban J connectivity index is 1.69. The van der Waals surface area contributed by atoms with E-state index < -0.39 is 18.5 Å². The summed E-state index contributed by atoms with van der Waals surface area (Å²) in [5.41, 5.74) is 1.14. The van der Waals surface area contributed by atoms with E-state index in [2.05, 4.69) is 10.6 Å². The maximum atomic E-state index is 11.8.